The lowest BCUT2D eigenvalue weighted by atomic mass is 10.1. The highest BCUT2D eigenvalue weighted by molar-refractivity contribution is 5.72. The molecule has 3 heteroatoms. The Balaban J connectivity index is 2.10. The van der Waals surface area contributed by atoms with Gasteiger partial charge in [-0.3, -0.25) is 4.68 Å². The van der Waals surface area contributed by atoms with Crippen molar-refractivity contribution in [2.24, 2.45) is 7.05 Å². The zero-order valence-corrected chi connectivity index (χ0v) is 10.6. The van der Waals surface area contributed by atoms with Crippen LogP contribution in [0.15, 0.2) is 60.7 Å². The molecule has 2 aromatic carbocycles. The molecule has 0 aliphatic carbocycles. The first-order valence-electron chi connectivity index (χ1n) is 6.13. The van der Waals surface area contributed by atoms with Crippen molar-refractivity contribution in [1.29, 1.82) is 0 Å². The van der Waals surface area contributed by atoms with E-state index in [1.807, 2.05) is 60.3 Å². The summed E-state index contributed by atoms with van der Waals surface area (Å²) in [5.74, 6) is 0.250. The molecule has 0 atom stereocenters. The molecule has 0 radical (unpaired) electrons. The molecular weight excluding hydrogens is 236 g/mol. The molecule has 94 valence electrons. The van der Waals surface area contributed by atoms with Gasteiger partial charge >= 0.3 is 0 Å². The molecule has 0 spiro atoms. The minimum absolute atomic E-state index is 0.250. The first kappa shape index (κ1) is 11.5. The fourth-order valence-electron chi connectivity index (χ4n) is 2.17. The molecule has 0 aliphatic heterocycles. The van der Waals surface area contributed by atoms with Crippen molar-refractivity contribution in [3.63, 3.8) is 0 Å². The molecule has 0 saturated carbocycles. The normalized spacial score (nSPS) is 10.6. The van der Waals surface area contributed by atoms with E-state index < -0.39 is 0 Å². The zero-order chi connectivity index (χ0) is 13.2. The number of phenolic OH excluding ortho intramolecular Hbond substituents is 1. The van der Waals surface area contributed by atoms with E-state index in [9.17, 15) is 5.11 Å². The average Bonchev–Trinajstić information content (AvgIpc) is 2.82. The summed E-state index contributed by atoms with van der Waals surface area (Å²) < 4.78 is 1.83. The van der Waals surface area contributed by atoms with Crippen molar-refractivity contribution in [2.75, 3.05) is 0 Å². The number of para-hydroxylation sites is 1. The van der Waals surface area contributed by atoms with Crippen molar-refractivity contribution in [1.82, 2.24) is 9.78 Å². The molecule has 0 amide bonds. The SMILES string of the molecule is Cn1nc(-c2ccccc2O)cc1-c1ccccc1. The maximum Gasteiger partial charge on any atom is 0.125 e. The lowest BCUT2D eigenvalue weighted by Gasteiger charge is -1.99. The molecule has 1 heterocycles. The van der Waals surface area contributed by atoms with Crippen LogP contribution in [-0.2, 0) is 7.05 Å². The van der Waals surface area contributed by atoms with Gasteiger partial charge in [-0.2, -0.15) is 5.10 Å². The number of nitrogens with zero attached hydrogens (tertiary/aromatic N) is 2. The summed E-state index contributed by atoms with van der Waals surface area (Å²) in [5, 5.41) is 14.4. The molecule has 0 bridgehead atoms. The van der Waals surface area contributed by atoms with Crippen LogP contribution < -0.4 is 0 Å². The highest BCUT2D eigenvalue weighted by Crippen LogP contribution is 2.30. The van der Waals surface area contributed by atoms with Gasteiger partial charge in [0.1, 0.15) is 5.75 Å². The third kappa shape index (κ3) is 2.10. The lowest BCUT2D eigenvalue weighted by Crippen LogP contribution is -1.93. The van der Waals surface area contributed by atoms with Crippen LogP contribution in [0.25, 0.3) is 22.5 Å². The molecule has 3 nitrogen and oxygen atoms in total. The maximum atomic E-state index is 9.89. The van der Waals surface area contributed by atoms with Crippen LogP contribution in [0.4, 0.5) is 0 Å². The molecule has 0 saturated heterocycles. The van der Waals surface area contributed by atoms with Crippen molar-refractivity contribution in [3.05, 3.63) is 60.7 Å². The summed E-state index contributed by atoms with van der Waals surface area (Å²) in [5.41, 5.74) is 3.66. The molecule has 3 rings (SSSR count). The number of hydrogen-bond acceptors (Lipinski definition) is 2. The van der Waals surface area contributed by atoms with E-state index in [1.165, 1.54) is 0 Å². The van der Waals surface area contributed by atoms with Crippen LogP contribution in [0.3, 0.4) is 0 Å². The summed E-state index contributed by atoms with van der Waals surface area (Å²) in [7, 11) is 1.91. The summed E-state index contributed by atoms with van der Waals surface area (Å²) in [6.07, 6.45) is 0. The van der Waals surface area contributed by atoms with E-state index in [0.29, 0.717) is 0 Å². The monoisotopic (exact) mass is 250 g/mol. The number of aromatic nitrogens is 2. The van der Waals surface area contributed by atoms with Crippen LogP contribution in [0.2, 0.25) is 0 Å². The summed E-state index contributed by atoms with van der Waals surface area (Å²) in [4.78, 5) is 0. The minimum atomic E-state index is 0.250. The van der Waals surface area contributed by atoms with Crippen LogP contribution >= 0.6 is 0 Å². The largest absolute Gasteiger partial charge is 0.507 e. The van der Waals surface area contributed by atoms with Gasteiger partial charge in [0.25, 0.3) is 0 Å². The van der Waals surface area contributed by atoms with E-state index in [0.717, 1.165) is 22.5 Å². The summed E-state index contributed by atoms with van der Waals surface area (Å²) >= 11 is 0. The standard InChI is InChI=1S/C16H14N2O/c1-18-15(12-7-3-2-4-8-12)11-14(17-18)13-9-5-6-10-16(13)19/h2-11,19H,1H3. The Hall–Kier alpha value is -2.55. The van der Waals surface area contributed by atoms with Gasteiger partial charge in [0.05, 0.1) is 11.4 Å². The van der Waals surface area contributed by atoms with Gasteiger partial charge < -0.3 is 5.11 Å². The van der Waals surface area contributed by atoms with Gasteiger partial charge in [-0.25, -0.2) is 0 Å². The molecule has 19 heavy (non-hydrogen) atoms. The quantitative estimate of drug-likeness (QED) is 0.756. The van der Waals surface area contributed by atoms with E-state index in [1.54, 1.807) is 12.1 Å². The fraction of sp³-hybridized carbons (Fsp3) is 0.0625. The Labute approximate surface area is 111 Å². The van der Waals surface area contributed by atoms with Crippen LogP contribution in [0.5, 0.6) is 5.75 Å². The smallest absolute Gasteiger partial charge is 0.125 e. The van der Waals surface area contributed by atoms with Gasteiger partial charge in [0, 0.05) is 12.6 Å². The molecule has 1 N–H and O–H groups in total. The molecule has 0 unspecified atom stereocenters. The number of aromatic hydroxyl groups is 1. The van der Waals surface area contributed by atoms with E-state index >= 15 is 0 Å². The van der Waals surface area contributed by atoms with Crippen LogP contribution in [0, 0.1) is 0 Å². The summed E-state index contributed by atoms with van der Waals surface area (Å²) in [6, 6.07) is 19.3. The molecule has 3 aromatic rings. The molecule has 0 aliphatic rings. The first-order chi connectivity index (χ1) is 9.25. The maximum absolute atomic E-state index is 9.89. The highest BCUT2D eigenvalue weighted by Gasteiger charge is 2.11. The van der Waals surface area contributed by atoms with E-state index in [4.69, 9.17) is 0 Å². The van der Waals surface area contributed by atoms with Crippen molar-refractivity contribution in [3.8, 4) is 28.3 Å². The third-order valence-electron chi connectivity index (χ3n) is 3.13. The molecule has 0 fully saturated rings. The predicted octanol–water partition coefficient (Wildman–Crippen LogP) is 3.46. The zero-order valence-electron chi connectivity index (χ0n) is 10.6. The minimum Gasteiger partial charge on any atom is -0.507 e. The highest BCUT2D eigenvalue weighted by atomic mass is 16.3. The predicted molar refractivity (Wildman–Crippen MR) is 75.7 cm³/mol. The Bertz CT molecular complexity index is 702. The Morgan fingerprint density at radius 2 is 1.63 bits per heavy atom. The van der Waals surface area contributed by atoms with Gasteiger partial charge in [0.2, 0.25) is 0 Å². The number of hydrogen-bond donors (Lipinski definition) is 1. The van der Waals surface area contributed by atoms with Gasteiger partial charge in [-0.05, 0) is 23.8 Å². The second-order valence-electron chi connectivity index (χ2n) is 4.42. The Morgan fingerprint density at radius 3 is 2.37 bits per heavy atom. The average molecular weight is 250 g/mol. The van der Waals surface area contributed by atoms with Crippen LogP contribution in [0.1, 0.15) is 0 Å². The Morgan fingerprint density at radius 1 is 0.947 bits per heavy atom. The molecular formula is C16H14N2O. The second-order valence-corrected chi connectivity index (χ2v) is 4.42. The topological polar surface area (TPSA) is 38.0 Å². The van der Waals surface area contributed by atoms with Crippen molar-refractivity contribution < 1.29 is 5.11 Å². The van der Waals surface area contributed by atoms with E-state index in [2.05, 4.69) is 5.10 Å². The van der Waals surface area contributed by atoms with Crippen LogP contribution in [-0.4, -0.2) is 14.9 Å². The van der Waals surface area contributed by atoms with Gasteiger partial charge in [-0.1, -0.05) is 42.5 Å². The first-order valence-corrected chi connectivity index (χ1v) is 6.13. The van der Waals surface area contributed by atoms with Crippen molar-refractivity contribution in [2.45, 2.75) is 0 Å². The number of benzene rings is 2. The van der Waals surface area contributed by atoms with Crippen molar-refractivity contribution >= 4 is 0 Å². The second kappa shape index (κ2) is 4.61. The lowest BCUT2D eigenvalue weighted by molar-refractivity contribution is 0.477. The van der Waals surface area contributed by atoms with Gasteiger partial charge in [0.15, 0.2) is 0 Å². The number of phenols is 1. The van der Waals surface area contributed by atoms with Gasteiger partial charge in [-0.15, -0.1) is 0 Å². The third-order valence-corrected chi connectivity index (χ3v) is 3.13. The van der Waals surface area contributed by atoms with E-state index in [-0.39, 0.29) is 5.75 Å². The number of aryl methyl sites for hydroxylation is 1. The molecule has 1 aromatic heterocycles. The Kier molecular flexibility index (Phi) is 2.80. The fourth-order valence-corrected chi connectivity index (χ4v) is 2.17. The summed E-state index contributed by atoms with van der Waals surface area (Å²) in [6.45, 7) is 0. The number of rotatable bonds is 2.